The van der Waals surface area contributed by atoms with E-state index in [1.807, 2.05) is 6.08 Å². The van der Waals surface area contributed by atoms with E-state index >= 15 is 4.79 Å². The lowest BCUT2D eigenvalue weighted by Crippen LogP contribution is -2.53. The molecule has 2 N–H and O–H groups in total. The first-order chi connectivity index (χ1) is 26.0. The molecule has 0 radical (unpaired) electrons. The molecule has 0 aromatic heterocycles. The maximum Gasteiger partial charge on any atom is 0.269 e. The highest BCUT2D eigenvalue weighted by Gasteiger charge is 2.70. The van der Waals surface area contributed by atoms with Crippen molar-refractivity contribution in [3.05, 3.63) is 141 Å². The molecule has 4 aromatic rings. The Morgan fingerprint density at radius 2 is 1.57 bits per heavy atom. The van der Waals surface area contributed by atoms with Crippen LogP contribution in [0.2, 0.25) is 5.02 Å². The second kappa shape index (κ2) is 13.5. The van der Waals surface area contributed by atoms with Crippen LogP contribution in [0.5, 0.6) is 5.75 Å². The zero-order valence-electron chi connectivity index (χ0n) is 28.4. The molecule has 2 aliphatic heterocycles. The minimum absolute atomic E-state index is 0.0448. The Kier molecular flexibility index (Phi) is 8.78. The van der Waals surface area contributed by atoms with E-state index in [-0.39, 0.29) is 37.4 Å². The number of benzene rings is 4. The first-order valence-corrected chi connectivity index (χ1v) is 17.7. The van der Waals surface area contributed by atoms with Crippen molar-refractivity contribution in [2.24, 2.45) is 23.7 Å². The van der Waals surface area contributed by atoms with E-state index in [0.29, 0.717) is 27.6 Å². The van der Waals surface area contributed by atoms with Crippen molar-refractivity contribution in [2.75, 3.05) is 23.5 Å². The molecule has 54 heavy (non-hydrogen) atoms. The van der Waals surface area contributed by atoms with Crippen LogP contribution < -0.4 is 15.1 Å². The van der Waals surface area contributed by atoms with Gasteiger partial charge in [-0.15, -0.1) is 0 Å². The van der Waals surface area contributed by atoms with Crippen LogP contribution in [-0.4, -0.2) is 51.9 Å². The van der Waals surface area contributed by atoms with Gasteiger partial charge in [0.25, 0.3) is 17.5 Å². The van der Waals surface area contributed by atoms with Gasteiger partial charge in [-0.1, -0.05) is 47.5 Å². The van der Waals surface area contributed by atoms with E-state index < -0.39 is 69.4 Å². The first kappa shape index (κ1) is 35.1. The minimum atomic E-state index is -1.55. The maximum atomic E-state index is 15.2. The van der Waals surface area contributed by atoms with Gasteiger partial charge in [-0.05, 0) is 90.6 Å². The van der Waals surface area contributed by atoms with Crippen LogP contribution in [0.4, 0.5) is 21.5 Å². The van der Waals surface area contributed by atoms with E-state index in [2.05, 4.69) is 5.43 Å². The van der Waals surface area contributed by atoms with Gasteiger partial charge in [-0.2, -0.15) is 5.01 Å². The number of fused-ring (bicyclic) bond motifs is 4. The fourth-order valence-electron chi connectivity index (χ4n) is 8.93. The Bertz CT molecular complexity index is 2210. The topological polar surface area (TPSA) is 159 Å². The van der Waals surface area contributed by atoms with Gasteiger partial charge in [-0.3, -0.25) is 39.6 Å². The monoisotopic (exact) mass is 750 g/mol. The summed E-state index contributed by atoms with van der Waals surface area (Å²) in [5.74, 6) is -6.22. The number of amides is 4. The number of rotatable bonds is 9. The Morgan fingerprint density at radius 3 is 2.22 bits per heavy atom. The van der Waals surface area contributed by atoms with Gasteiger partial charge >= 0.3 is 0 Å². The van der Waals surface area contributed by atoms with Gasteiger partial charge in [-0.25, -0.2) is 4.39 Å². The average Bonchev–Trinajstić information content (AvgIpc) is 3.56. The van der Waals surface area contributed by atoms with Crippen LogP contribution >= 0.6 is 11.6 Å². The van der Waals surface area contributed by atoms with Gasteiger partial charge < -0.3 is 9.84 Å². The molecule has 8 rings (SSSR count). The molecule has 6 atom stereocenters. The van der Waals surface area contributed by atoms with Crippen LogP contribution in [0.3, 0.4) is 0 Å². The normalized spacial score (nSPS) is 25.9. The van der Waals surface area contributed by atoms with E-state index in [1.54, 1.807) is 48.5 Å². The minimum Gasteiger partial charge on any atom is -0.491 e. The van der Waals surface area contributed by atoms with E-state index in [0.717, 1.165) is 15.5 Å². The highest BCUT2D eigenvalue weighted by molar-refractivity contribution is 6.30. The predicted octanol–water partition coefficient (Wildman–Crippen LogP) is 5.95. The molecule has 1 saturated carbocycles. The number of aliphatic hydroxyl groups excluding tert-OH is 1. The fourth-order valence-corrected chi connectivity index (χ4v) is 9.05. The number of carbonyl (C=O) groups excluding carboxylic acids is 4. The lowest BCUT2D eigenvalue weighted by molar-refractivity contribution is -0.384. The van der Waals surface area contributed by atoms with E-state index in [1.165, 1.54) is 48.5 Å². The number of anilines is 2. The van der Waals surface area contributed by atoms with Crippen LogP contribution in [0.15, 0.2) is 109 Å². The van der Waals surface area contributed by atoms with Crippen LogP contribution in [0, 0.1) is 39.6 Å². The highest BCUT2D eigenvalue weighted by Crippen LogP contribution is 2.64. The summed E-state index contributed by atoms with van der Waals surface area (Å²) >= 11 is 6.35. The number of ether oxygens (including phenoxy) is 1. The van der Waals surface area contributed by atoms with Crippen LogP contribution in [0.1, 0.15) is 29.9 Å². The van der Waals surface area contributed by atoms with Crippen molar-refractivity contribution in [3.63, 3.8) is 0 Å². The largest absolute Gasteiger partial charge is 0.491 e. The third-order valence-corrected chi connectivity index (χ3v) is 11.4. The second-order valence-corrected chi connectivity index (χ2v) is 14.2. The summed E-state index contributed by atoms with van der Waals surface area (Å²) in [5.41, 5.74) is 3.57. The van der Waals surface area contributed by atoms with E-state index in [9.17, 15) is 34.0 Å². The Labute approximate surface area is 312 Å². The summed E-state index contributed by atoms with van der Waals surface area (Å²) in [6, 6.07) is 24.2. The number of nitro benzene ring substituents is 1. The molecule has 4 aliphatic rings. The second-order valence-electron chi connectivity index (χ2n) is 13.8. The summed E-state index contributed by atoms with van der Waals surface area (Å²) in [4.78, 5) is 70.3. The lowest BCUT2D eigenvalue weighted by atomic mass is 9.49. The highest BCUT2D eigenvalue weighted by atomic mass is 35.5. The molecule has 4 amide bonds. The summed E-state index contributed by atoms with van der Waals surface area (Å²) in [6.45, 7) is -0.131. The molecule has 2 heterocycles. The van der Waals surface area contributed by atoms with E-state index in [4.69, 9.17) is 16.3 Å². The molecule has 0 spiro atoms. The number of allylic oxidation sites excluding steroid dienone is 2. The van der Waals surface area contributed by atoms with Crippen molar-refractivity contribution in [1.29, 1.82) is 0 Å². The van der Waals surface area contributed by atoms with Crippen molar-refractivity contribution in [3.8, 4) is 5.75 Å². The summed E-state index contributed by atoms with van der Waals surface area (Å²) < 4.78 is 19.5. The molecule has 2 aliphatic carbocycles. The Morgan fingerprint density at radius 1 is 0.889 bits per heavy atom. The number of aliphatic hydroxyl groups is 1. The first-order valence-electron chi connectivity index (χ1n) is 17.4. The number of hydrogen-bond acceptors (Lipinski definition) is 9. The SMILES string of the molecule is O=C1C2CC3C(=CCC4C(=O)N(c5ccc([N+](=O)[O-])cc5)C(=O)C43)C(c3ccc(OCCO)cc3)C2(c2ccc(Cl)cc2)C(=O)N1Nc1ccc(F)cc1. The molecule has 2 saturated heterocycles. The maximum absolute atomic E-state index is 15.2. The number of nitrogens with one attached hydrogen (secondary N) is 1. The van der Waals surface area contributed by atoms with Crippen LogP contribution in [-0.2, 0) is 24.6 Å². The quantitative estimate of drug-likeness (QED) is 0.0913. The van der Waals surface area contributed by atoms with Crippen LogP contribution in [0.25, 0.3) is 0 Å². The fraction of sp³-hybridized carbons (Fsp3) is 0.250. The van der Waals surface area contributed by atoms with Gasteiger partial charge in [0.15, 0.2) is 0 Å². The number of imide groups is 2. The molecule has 12 nitrogen and oxygen atoms in total. The van der Waals surface area contributed by atoms with Gasteiger partial charge in [0.2, 0.25) is 11.8 Å². The molecule has 0 bridgehead atoms. The summed E-state index contributed by atoms with van der Waals surface area (Å²) in [5, 5.41) is 22.0. The average molecular weight is 751 g/mol. The van der Waals surface area contributed by atoms with Crippen molar-refractivity contribution in [1.82, 2.24) is 5.01 Å². The Hall–Kier alpha value is -5.92. The van der Waals surface area contributed by atoms with Gasteiger partial charge in [0.05, 0.1) is 46.1 Å². The van der Waals surface area contributed by atoms with Gasteiger partial charge in [0.1, 0.15) is 18.2 Å². The zero-order chi connectivity index (χ0) is 37.9. The third kappa shape index (κ3) is 5.45. The predicted molar refractivity (Wildman–Crippen MR) is 194 cm³/mol. The molecule has 274 valence electrons. The van der Waals surface area contributed by atoms with Crippen molar-refractivity contribution in [2.45, 2.75) is 24.2 Å². The molecule has 6 unspecified atom stereocenters. The number of hydrogen-bond donors (Lipinski definition) is 2. The number of nitrogens with zero attached hydrogens (tertiary/aromatic N) is 3. The number of carbonyl (C=O) groups is 4. The zero-order valence-corrected chi connectivity index (χ0v) is 29.2. The molecule has 4 aromatic carbocycles. The van der Waals surface area contributed by atoms with Crippen molar-refractivity contribution < 1.29 is 38.3 Å². The third-order valence-electron chi connectivity index (χ3n) is 11.1. The Balaban J connectivity index is 1.28. The van der Waals surface area contributed by atoms with Gasteiger partial charge in [0, 0.05) is 23.1 Å². The number of nitro groups is 1. The molecular weight excluding hydrogens is 719 g/mol. The lowest BCUT2D eigenvalue weighted by Gasteiger charge is -2.50. The standard InChI is InChI=1S/C40H32ClFN4O8/c41-24-5-3-23(4-6-24)40-33(37(49)45(39(40)51)43-26-9-7-25(42)8-10-26)21-32-30(35(40)22-1-15-29(16-2-22)54-20-19-47)17-18-31-34(32)38(50)44(36(31)48)27-11-13-28(14-12-27)46(52)53/h1-17,31-35,43,47H,18-21H2. The smallest absolute Gasteiger partial charge is 0.269 e. The summed E-state index contributed by atoms with van der Waals surface area (Å²) in [7, 11) is 0. The number of halogens is 2. The molecular formula is C40H32ClFN4O8. The molecule has 3 fully saturated rings. The molecule has 14 heteroatoms. The summed E-state index contributed by atoms with van der Waals surface area (Å²) in [6.07, 6.45) is 2.14. The number of non-ortho nitro benzene ring substituents is 1. The number of hydrazine groups is 1. The van der Waals surface area contributed by atoms with Crippen molar-refractivity contribution >= 4 is 52.3 Å².